The highest BCUT2D eigenvalue weighted by Gasteiger charge is 2.13. The van der Waals surface area contributed by atoms with Crippen molar-refractivity contribution in [2.45, 2.75) is 12.5 Å². The average Bonchev–Trinajstić information content (AvgIpc) is 2.81. The van der Waals surface area contributed by atoms with Crippen molar-refractivity contribution in [3.63, 3.8) is 0 Å². The van der Waals surface area contributed by atoms with Gasteiger partial charge in [0, 0.05) is 17.8 Å². The predicted molar refractivity (Wildman–Crippen MR) is 65.7 cm³/mol. The second kappa shape index (κ2) is 5.09. The molecule has 0 saturated heterocycles. The van der Waals surface area contributed by atoms with Crippen LogP contribution >= 0.6 is 11.3 Å². The molecule has 0 fully saturated rings. The Bertz CT molecular complexity index is 442. The Balaban J connectivity index is 2.17. The molecule has 0 aliphatic heterocycles. The summed E-state index contributed by atoms with van der Waals surface area (Å²) in [4.78, 5) is 4.15. The van der Waals surface area contributed by atoms with Crippen LogP contribution in [-0.2, 0) is 6.42 Å². The van der Waals surface area contributed by atoms with E-state index >= 15 is 0 Å². The van der Waals surface area contributed by atoms with E-state index in [2.05, 4.69) is 21.8 Å². The van der Waals surface area contributed by atoms with Crippen molar-refractivity contribution < 1.29 is 4.74 Å². The number of nitrogens with two attached hydrogens (primary N) is 1. The number of hydrogen-bond acceptors (Lipinski definition) is 4. The Morgan fingerprint density at radius 2 is 2.38 bits per heavy atom. The number of rotatable bonds is 4. The second-order valence-electron chi connectivity index (χ2n) is 3.54. The molecular formula is C12H14N2OS. The molecule has 2 aromatic heterocycles. The number of thiophene rings is 1. The van der Waals surface area contributed by atoms with Crippen LogP contribution in [0, 0.1) is 0 Å². The third-order valence-corrected chi connectivity index (χ3v) is 3.16. The first kappa shape index (κ1) is 11.1. The van der Waals surface area contributed by atoms with Gasteiger partial charge in [0.15, 0.2) is 0 Å². The average molecular weight is 234 g/mol. The largest absolute Gasteiger partial charge is 0.481 e. The molecule has 0 aromatic carbocycles. The molecule has 0 saturated carbocycles. The van der Waals surface area contributed by atoms with Crippen LogP contribution in [0.1, 0.15) is 17.2 Å². The number of ether oxygens (including phenoxy) is 1. The Labute approximate surface area is 98.9 Å². The van der Waals surface area contributed by atoms with Gasteiger partial charge in [-0.1, -0.05) is 6.07 Å². The lowest BCUT2D eigenvalue weighted by Gasteiger charge is -2.13. The maximum Gasteiger partial charge on any atom is 0.217 e. The van der Waals surface area contributed by atoms with Gasteiger partial charge < -0.3 is 10.5 Å². The van der Waals surface area contributed by atoms with E-state index in [1.807, 2.05) is 12.1 Å². The number of pyridine rings is 1. The summed E-state index contributed by atoms with van der Waals surface area (Å²) in [6.07, 6.45) is 2.52. The Morgan fingerprint density at radius 1 is 1.50 bits per heavy atom. The lowest BCUT2D eigenvalue weighted by atomic mass is 10.0. The Kier molecular flexibility index (Phi) is 3.54. The van der Waals surface area contributed by atoms with E-state index in [0.29, 0.717) is 5.88 Å². The first-order valence-electron chi connectivity index (χ1n) is 5.07. The summed E-state index contributed by atoms with van der Waals surface area (Å²) >= 11 is 1.68. The molecule has 2 rings (SSSR count). The fourth-order valence-electron chi connectivity index (χ4n) is 1.63. The third-order valence-electron chi connectivity index (χ3n) is 2.43. The highest BCUT2D eigenvalue weighted by Crippen LogP contribution is 2.24. The van der Waals surface area contributed by atoms with E-state index in [9.17, 15) is 0 Å². The molecule has 4 heteroatoms. The molecule has 0 radical (unpaired) electrons. The molecule has 0 aliphatic carbocycles. The maximum absolute atomic E-state index is 6.15. The van der Waals surface area contributed by atoms with Gasteiger partial charge in [-0.15, -0.1) is 0 Å². The van der Waals surface area contributed by atoms with Gasteiger partial charge in [-0.2, -0.15) is 11.3 Å². The lowest BCUT2D eigenvalue weighted by molar-refractivity contribution is 0.388. The standard InChI is InChI=1S/C12H14N2OS/c1-15-12-10(3-2-5-14-12)11(13)7-9-4-6-16-8-9/h2-6,8,11H,7,13H2,1H3. The van der Waals surface area contributed by atoms with E-state index in [0.717, 1.165) is 12.0 Å². The van der Waals surface area contributed by atoms with Gasteiger partial charge in [-0.3, -0.25) is 0 Å². The highest BCUT2D eigenvalue weighted by molar-refractivity contribution is 7.07. The normalized spacial score (nSPS) is 12.4. The van der Waals surface area contributed by atoms with Gasteiger partial charge >= 0.3 is 0 Å². The lowest BCUT2D eigenvalue weighted by Crippen LogP contribution is -2.14. The fourth-order valence-corrected chi connectivity index (χ4v) is 2.31. The van der Waals surface area contributed by atoms with Gasteiger partial charge in [0.1, 0.15) is 0 Å². The summed E-state index contributed by atoms with van der Waals surface area (Å²) in [7, 11) is 1.61. The van der Waals surface area contributed by atoms with E-state index in [1.54, 1.807) is 24.6 Å². The van der Waals surface area contributed by atoms with Crippen molar-refractivity contribution in [1.29, 1.82) is 0 Å². The van der Waals surface area contributed by atoms with Crippen LogP contribution in [0.3, 0.4) is 0 Å². The van der Waals surface area contributed by atoms with Crippen molar-refractivity contribution in [3.8, 4) is 5.88 Å². The van der Waals surface area contributed by atoms with E-state index < -0.39 is 0 Å². The smallest absolute Gasteiger partial charge is 0.217 e. The molecule has 0 bridgehead atoms. The number of hydrogen-bond donors (Lipinski definition) is 1. The minimum atomic E-state index is -0.0711. The van der Waals surface area contributed by atoms with Crippen molar-refractivity contribution in [2.24, 2.45) is 5.73 Å². The summed E-state index contributed by atoms with van der Waals surface area (Å²) in [5.74, 6) is 0.616. The molecule has 1 unspecified atom stereocenters. The van der Waals surface area contributed by atoms with Crippen LogP contribution in [0.5, 0.6) is 5.88 Å². The molecule has 3 nitrogen and oxygen atoms in total. The first-order valence-corrected chi connectivity index (χ1v) is 6.01. The minimum Gasteiger partial charge on any atom is -0.481 e. The first-order chi connectivity index (χ1) is 7.81. The Hall–Kier alpha value is -1.39. The predicted octanol–water partition coefficient (Wildman–Crippen LogP) is 2.39. The van der Waals surface area contributed by atoms with Crippen molar-refractivity contribution in [2.75, 3.05) is 7.11 Å². The summed E-state index contributed by atoms with van der Waals surface area (Å²) in [6.45, 7) is 0. The van der Waals surface area contributed by atoms with Crippen LogP contribution in [0.2, 0.25) is 0 Å². The molecule has 0 aliphatic rings. The topological polar surface area (TPSA) is 48.1 Å². The van der Waals surface area contributed by atoms with E-state index in [-0.39, 0.29) is 6.04 Å². The Morgan fingerprint density at radius 3 is 3.06 bits per heavy atom. The van der Waals surface area contributed by atoms with Gasteiger partial charge in [-0.25, -0.2) is 4.98 Å². The van der Waals surface area contributed by atoms with Crippen molar-refractivity contribution in [1.82, 2.24) is 4.98 Å². The molecule has 84 valence electrons. The van der Waals surface area contributed by atoms with Crippen LogP contribution in [0.25, 0.3) is 0 Å². The number of aromatic nitrogens is 1. The van der Waals surface area contributed by atoms with Gasteiger partial charge in [0.05, 0.1) is 7.11 Å². The van der Waals surface area contributed by atoms with Gasteiger partial charge in [0.2, 0.25) is 5.88 Å². The monoisotopic (exact) mass is 234 g/mol. The molecule has 2 aromatic rings. The maximum atomic E-state index is 6.15. The van der Waals surface area contributed by atoms with Crippen LogP contribution in [0.4, 0.5) is 0 Å². The van der Waals surface area contributed by atoms with Crippen molar-refractivity contribution in [3.05, 3.63) is 46.3 Å². The highest BCUT2D eigenvalue weighted by atomic mass is 32.1. The third kappa shape index (κ3) is 2.40. The molecule has 0 amide bonds. The summed E-state index contributed by atoms with van der Waals surface area (Å²) < 4.78 is 5.20. The van der Waals surface area contributed by atoms with E-state index in [1.165, 1.54) is 5.56 Å². The number of methoxy groups -OCH3 is 1. The van der Waals surface area contributed by atoms with Crippen molar-refractivity contribution >= 4 is 11.3 Å². The van der Waals surface area contributed by atoms with Crippen LogP contribution in [0.15, 0.2) is 35.2 Å². The summed E-state index contributed by atoms with van der Waals surface area (Å²) in [5, 5.41) is 4.17. The second-order valence-corrected chi connectivity index (χ2v) is 4.32. The molecule has 1 atom stereocenters. The van der Waals surface area contributed by atoms with Gasteiger partial charge in [0.25, 0.3) is 0 Å². The fraction of sp³-hybridized carbons (Fsp3) is 0.250. The molecular weight excluding hydrogens is 220 g/mol. The SMILES string of the molecule is COc1ncccc1C(N)Cc1ccsc1. The quantitative estimate of drug-likeness (QED) is 0.883. The zero-order chi connectivity index (χ0) is 11.4. The molecule has 0 spiro atoms. The van der Waals surface area contributed by atoms with E-state index in [4.69, 9.17) is 10.5 Å². The molecule has 2 heterocycles. The summed E-state index contributed by atoms with van der Waals surface area (Å²) in [6, 6.07) is 5.86. The van der Waals surface area contributed by atoms with Crippen LogP contribution in [-0.4, -0.2) is 12.1 Å². The number of nitrogens with zero attached hydrogens (tertiary/aromatic N) is 1. The summed E-state index contributed by atoms with van der Waals surface area (Å²) in [5.41, 5.74) is 8.36. The van der Waals surface area contributed by atoms with Crippen LogP contribution < -0.4 is 10.5 Å². The zero-order valence-corrected chi connectivity index (χ0v) is 9.91. The zero-order valence-electron chi connectivity index (χ0n) is 9.09. The molecule has 16 heavy (non-hydrogen) atoms. The van der Waals surface area contributed by atoms with Gasteiger partial charge in [-0.05, 0) is 34.9 Å². The molecule has 2 N–H and O–H groups in total. The minimum absolute atomic E-state index is 0.0711.